The van der Waals surface area contributed by atoms with Gasteiger partial charge in [-0.1, -0.05) is 24.6 Å². The zero-order valence-electron chi connectivity index (χ0n) is 11.7. The van der Waals surface area contributed by atoms with Crippen LogP contribution in [0.5, 0.6) is 0 Å². The molecule has 1 N–H and O–H groups in total. The van der Waals surface area contributed by atoms with Crippen molar-refractivity contribution in [1.82, 2.24) is 5.32 Å². The molecule has 19 heavy (non-hydrogen) atoms. The van der Waals surface area contributed by atoms with Crippen LogP contribution in [0.3, 0.4) is 0 Å². The summed E-state index contributed by atoms with van der Waals surface area (Å²) in [5, 5.41) is 3.89. The smallest absolute Gasteiger partial charge is 0.127 e. The average Bonchev–Trinajstić information content (AvgIpc) is 2.78. The van der Waals surface area contributed by atoms with Gasteiger partial charge in [-0.2, -0.15) is 0 Å². The van der Waals surface area contributed by atoms with Crippen LogP contribution in [0.2, 0.25) is 5.02 Å². The van der Waals surface area contributed by atoms with E-state index in [9.17, 15) is 4.39 Å². The number of nitrogens with one attached hydrogen (secondary N) is 1. The fourth-order valence-corrected chi connectivity index (χ4v) is 2.93. The molecule has 0 bridgehead atoms. The van der Waals surface area contributed by atoms with Crippen LogP contribution in [-0.2, 0) is 4.74 Å². The van der Waals surface area contributed by atoms with Crippen molar-refractivity contribution in [3.05, 3.63) is 34.1 Å². The Bertz CT molecular complexity index is 452. The molecule has 2 nitrogen and oxygen atoms in total. The molecule has 1 aliphatic rings. The molecule has 0 spiro atoms. The molecule has 106 valence electrons. The van der Waals surface area contributed by atoms with Crippen LogP contribution in [0, 0.1) is 12.7 Å². The number of hydrogen-bond donors (Lipinski definition) is 1. The van der Waals surface area contributed by atoms with E-state index in [1.807, 2.05) is 6.07 Å². The second kappa shape index (κ2) is 6.21. The number of hydrogen-bond acceptors (Lipinski definition) is 2. The molecule has 0 radical (unpaired) electrons. The third-order valence-corrected chi connectivity index (χ3v) is 4.00. The molecule has 0 aliphatic carbocycles. The molecule has 1 heterocycles. The summed E-state index contributed by atoms with van der Waals surface area (Å²) in [5.41, 5.74) is 1.55. The first-order valence-corrected chi connectivity index (χ1v) is 7.25. The number of benzene rings is 1. The highest BCUT2D eigenvalue weighted by Gasteiger charge is 2.31. The fourth-order valence-electron chi connectivity index (χ4n) is 2.66. The Balaban J connectivity index is 2.30. The molecule has 1 aromatic carbocycles. The summed E-state index contributed by atoms with van der Waals surface area (Å²) in [6, 6.07) is 3.26. The van der Waals surface area contributed by atoms with Crippen LogP contribution in [-0.4, -0.2) is 18.8 Å². The van der Waals surface area contributed by atoms with E-state index in [4.69, 9.17) is 16.3 Å². The Morgan fingerprint density at radius 1 is 1.47 bits per heavy atom. The molecule has 2 rings (SSSR count). The first-order valence-electron chi connectivity index (χ1n) is 6.87. The van der Waals surface area contributed by atoms with E-state index in [0.29, 0.717) is 10.6 Å². The van der Waals surface area contributed by atoms with Gasteiger partial charge in [0.25, 0.3) is 0 Å². The van der Waals surface area contributed by atoms with Crippen molar-refractivity contribution >= 4 is 11.6 Å². The molecule has 1 aromatic rings. The van der Waals surface area contributed by atoms with E-state index in [1.165, 1.54) is 6.07 Å². The lowest BCUT2D eigenvalue weighted by Gasteiger charge is -2.26. The zero-order valence-corrected chi connectivity index (χ0v) is 12.4. The lowest BCUT2D eigenvalue weighted by atomic mass is 9.97. The molecule has 0 amide bonds. The van der Waals surface area contributed by atoms with Crippen LogP contribution in [0.25, 0.3) is 0 Å². The van der Waals surface area contributed by atoms with Crippen molar-refractivity contribution < 1.29 is 9.13 Å². The Kier molecular flexibility index (Phi) is 4.82. The number of ether oxygens (including phenoxy) is 1. The van der Waals surface area contributed by atoms with Crippen molar-refractivity contribution in [2.24, 2.45) is 0 Å². The number of aryl methyl sites for hydroxylation is 1. The molecule has 0 saturated carbocycles. The highest BCUT2D eigenvalue weighted by molar-refractivity contribution is 6.31. The summed E-state index contributed by atoms with van der Waals surface area (Å²) in [5.74, 6) is -0.260. The molecule has 4 heteroatoms. The van der Waals surface area contributed by atoms with Gasteiger partial charge in [-0.15, -0.1) is 0 Å². The van der Waals surface area contributed by atoms with Gasteiger partial charge in [0.1, 0.15) is 5.82 Å². The van der Waals surface area contributed by atoms with Gasteiger partial charge >= 0.3 is 0 Å². The standard InChI is InChI=1S/C15H21ClFNO/c1-4-18-15(14-6-5-10(3)19-14)11-7-9(2)13(17)8-12(11)16/h7-8,10,14-15,18H,4-6H2,1-3H3. The van der Waals surface area contributed by atoms with Gasteiger partial charge in [0.15, 0.2) is 0 Å². The second-order valence-electron chi connectivity index (χ2n) is 5.22. The average molecular weight is 286 g/mol. The van der Waals surface area contributed by atoms with Crippen LogP contribution in [0.15, 0.2) is 12.1 Å². The van der Waals surface area contributed by atoms with Crippen molar-refractivity contribution in [3.63, 3.8) is 0 Å². The third-order valence-electron chi connectivity index (χ3n) is 3.67. The Hall–Kier alpha value is -0.640. The third kappa shape index (κ3) is 3.28. The lowest BCUT2D eigenvalue weighted by molar-refractivity contribution is 0.0319. The predicted molar refractivity (Wildman–Crippen MR) is 76.1 cm³/mol. The normalized spacial score (nSPS) is 24.7. The molecule has 3 atom stereocenters. The van der Waals surface area contributed by atoms with E-state index >= 15 is 0 Å². The highest BCUT2D eigenvalue weighted by atomic mass is 35.5. The first kappa shape index (κ1) is 14.8. The number of likely N-dealkylation sites (N-methyl/N-ethyl adjacent to an activating group) is 1. The SMILES string of the molecule is CCNC(c1cc(C)c(F)cc1Cl)C1CCC(C)O1. The van der Waals surface area contributed by atoms with Gasteiger partial charge in [-0.25, -0.2) is 4.39 Å². The summed E-state index contributed by atoms with van der Waals surface area (Å²) in [7, 11) is 0. The van der Waals surface area contributed by atoms with E-state index in [-0.39, 0.29) is 24.1 Å². The number of halogens is 2. The van der Waals surface area contributed by atoms with Crippen LogP contribution in [0.1, 0.15) is 43.9 Å². The van der Waals surface area contributed by atoms with Crippen molar-refractivity contribution in [1.29, 1.82) is 0 Å². The minimum atomic E-state index is -0.260. The lowest BCUT2D eigenvalue weighted by Crippen LogP contribution is -2.32. The van der Waals surface area contributed by atoms with Crippen molar-refractivity contribution in [3.8, 4) is 0 Å². The molecule has 1 fully saturated rings. The number of rotatable bonds is 4. The maximum absolute atomic E-state index is 13.5. The van der Waals surface area contributed by atoms with Crippen molar-refractivity contribution in [2.45, 2.75) is 51.9 Å². The summed E-state index contributed by atoms with van der Waals surface area (Å²) < 4.78 is 19.5. The molecular weight excluding hydrogens is 265 g/mol. The van der Waals surface area contributed by atoms with Gasteiger partial charge in [0.05, 0.1) is 18.2 Å². The van der Waals surface area contributed by atoms with E-state index < -0.39 is 0 Å². The molecule has 0 aromatic heterocycles. The Labute approximate surface area is 119 Å². The molecular formula is C15H21ClFNO. The highest BCUT2D eigenvalue weighted by Crippen LogP contribution is 2.34. The van der Waals surface area contributed by atoms with E-state index in [2.05, 4.69) is 19.2 Å². The molecule has 3 unspecified atom stereocenters. The molecule has 1 aliphatic heterocycles. The van der Waals surface area contributed by atoms with Crippen LogP contribution < -0.4 is 5.32 Å². The first-order chi connectivity index (χ1) is 9.02. The predicted octanol–water partition coefficient (Wildman–Crippen LogP) is 4.01. The zero-order chi connectivity index (χ0) is 14.0. The minimum Gasteiger partial charge on any atom is -0.373 e. The largest absolute Gasteiger partial charge is 0.373 e. The summed E-state index contributed by atoms with van der Waals surface area (Å²) >= 11 is 6.21. The van der Waals surface area contributed by atoms with E-state index in [0.717, 1.165) is 24.9 Å². The van der Waals surface area contributed by atoms with Crippen molar-refractivity contribution in [2.75, 3.05) is 6.54 Å². The maximum Gasteiger partial charge on any atom is 0.127 e. The second-order valence-corrected chi connectivity index (χ2v) is 5.63. The topological polar surface area (TPSA) is 21.3 Å². The van der Waals surface area contributed by atoms with Gasteiger partial charge in [-0.3, -0.25) is 0 Å². The summed E-state index contributed by atoms with van der Waals surface area (Å²) in [6.07, 6.45) is 2.46. The van der Waals surface area contributed by atoms with Crippen LogP contribution >= 0.6 is 11.6 Å². The van der Waals surface area contributed by atoms with Crippen LogP contribution in [0.4, 0.5) is 4.39 Å². The Morgan fingerprint density at radius 2 is 2.21 bits per heavy atom. The monoisotopic (exact) mass is 285 g/mol. The van der Waals surface area contributed by atoms with Gasteiger partial charge in [0.2, 0.25) is 0 Å². The molecule has 1 saturated heterocycles. The van der Waals surface area contributed by atoms with Gasteiger partial charge in [0, 0.05) is 5.02 Å². The summed E-state index contributed by atoms with van der Waals surface area (Å²) in [4.78, 5) is 0. The summed E-state index contributed by atoms with van der Waals surface area (Å²) in [6.45, 7) is 6.72. The minimum absolute atomic E-state index is 0.0294. The van der Waals surface area contributed by atoms with Gasteiger partial charge in [-0.05, 0) is 50.4 Å². The van der Waals surface area contributed by atoms with E-state index in [1.54, 1.807) is 6.92 Å². The van der Waals surface area contributed by atoms with Gasteiger partial charge < -0.3 is 10.1 Å². The maximum atomic E-state index is 13.5. The quantitative estimate of drug-likeness (QED) is 0.903. The fraction of sp³-hybridized carbons (Fsp3) is 0.600. The Morgan fingerprint density at radius 3 is 2.79 bits per heavy atom.